The van der Waals surface area contributed by atoms with Crippen LogP contribution in [0.1, 0.15) is 15.9 Å². The molecule has 0 aliphatic carbocycles. The number of fused-ring (bicyclic) bond motifs is 1. The summed E-state index contributed by atoms with van der Waals surface area (Å²) < 4.78 is 7.44. The Morgan fingerprint density at radius 1 is 1.23 bits per heavy atom. The molecule has 2 aromatic carbocycles. The molecule has 4 rings (SSSR count). The average molecular weight is 432 g/mol. The zero-order chi connectivity index (χ0) is 18.1. The van der Waals surface area contributed by atoms with E-state index < -0.39 is 0 Å². The maximum absolute atomic E-state index is 12.6. The Hall–Kier alpha value is -1.96. The van der Waals surface area contributed by atoms with Gasteiger partial charge in [-0.15, -0.1) is 0 Å². The lowest BCUT2D eigenvalue weighted by Crippen LogP contribution is -2.36. The molecule has 7 heteroatoms. The third-order valence-corrected chi connectivity index (χ3v) is 6.31. The molecular weight excluding hydrogens is 414 g/mol. The molecule has 134 valence electrons. The molecule has 1 fully saturated rings. The second-order valence-electron chi connectivity index (χ2n) is 6.20. The highest BCUT2D eigenvalue weighted by molar-refractivity contribution is 9.10. The molecule has 0 unspecified atom stereocenters. The molecule has 2 heterocycles. The van der Waals surface area contributed by atoms with Gasteiger partial charge in [0.15, 0.2) is 5.13 Å². The van der Waals surface area contributed by atoms with Gasteiger partial charge in [0.05, 0.1) is 23.4 Å². The minimum atomic E-state index is -0.116. The van der Waals surface area contributed by atoms with Crippen LogP contribution in [0, 0.1) is 6.92 Å². The van der Waals surface area contributed by atoms with Crippen LogP contribution in [-0.4, -0.2) is 37.2 Å². The standard InChI is InChI=1S/C19H18BrN3O2S/c1-12-10-14(3-4-15(12)20)21-18(24)13-2-5-16-17(11-13)26-19(22-16)23-6-8-25-9-7-23/h2-5,10-11H,6-9H2,1H3,(H,21,24). The van der Waals surface area contributed by atoms with Crippen molar-refractivity contribution in [1.82, 2.24) is 4.98 Å². The van der Waals surface area contributed by atoms with Crippen LogP contribution in [0.15, 0.2) is 40.9 Å². The molecule has 26 heavy (non-hydrogen) atoms. The molecule has 1 N–H and O–H groups in total. The summed E-state index contributed by atoms with van der Waals surface area (Å²) in [6.45, 7) is 5.18. The number of anilines is 2. The number of amides is 1. The fourth-order valence-electron chi connectivity index (χ4n) is 2.87. The van der Waals surface area contributed by atoms with Crippen LogP contribution in [0.4, 0.5) is 10.8 Å². The van der Waals surface area contributed by atoms with Crippen LogP contribution in [0.3, 0.4) is 0 Å². The van der Waals surface area contributed by atoms with Gasteiger partial charge in [-0.3, -0.25) is 4.79 Å². The summed E-state index contributed by atoms with van der Waals surface area (Å²) in [5, 5.41) is 3.95. The summed E-state index contributed by atoms with van der Waals surface area (Å²) in [5.41, 5.74) is 3.42. The Morgan fingerprint density at radius 2 is 2.04 bits per heavy atom. The monoisotopic (exact) mass is 431 g/mol. The van der Waals surface area contributed by atoms with Gasteiger partial charge in [-0.1, -0.05) is 27.3 Å². The number of carbonyl (C=O) groups is 1. The average Bonchev–Trinajstić information content (AvgIpc) is 3.09. The van der Waals surface area contributed by atoms with E-state index >= 15 is 0 Å². The number of thiazole rings is 1. The normalized spacial score (nSPS) is 14.6. The Balaban J connectivity index is 1.56. The van der Waals surface area contributed by atoms with E-state index in [4.69, 9.17) is 9.72 Å². The molecule has 1 saturated heterocycles. The first-order valence-corrected chi connectivity index (χ1v) is 10.0. The lowest BCUT2D eigenvalue weighted by atomic mass is 10.2. The van der Waals surface area contributed by atoms with E-state index in [-0.39, 0.29) is 5.91 Å². The minimum Gasteiger partial charge on any atom is -0.378 e. The van der Waals surface area contributed by atoms with Crippen molar-refractivity contribution in [2.75, 3.05) is 36.5 Å². The number of nitrogens with one attached hydrogen (secondary N) is 1. The predicted molar refractivity (Wildman–Crippen MR) is 109 cm³/mol. The van der Waals surface area contributed by atoms with E-state index in [0.717, 1.165) is 57.4 Å². The largest absolute Gasteiger partial charge is 0.378 e. The van der Waals surface area contributed by atoms with Crippen molar-refractivity contribution >= 4 is 54.2 Å². The fraction of sp³-hybridized carbons (Fsp3) is 0.263. The third-order valence-electron chi connectivity index (χ3n) is 4.34. The summed E-state index contributed by atoms with van der Waals surface area (Å²) in [6, 6.07) is 11.4. The van der Waals surface area contributed by atoms with Gasteiger partial charge < -0.3 is 15.0 Å². The number of morpholine rings is 1. The second kappa shape index (κ2) is 7.34. The van der Waals surface area contributed by atoms with Gasteiger partial charge in [0.2, 0.25) is 0 Å². The minimum absolute atomic E-state index is 0.116. The summed E-state index contributed by atoms with van der Waals surface area (Å²) in [6.07, 6.45) is 0. The smallest absolute Gasteiger partial charge is 0.255 e. The zero-order valence-corrected chi connectivity index (χ0v) is 16.7. The van der Waals surface area contributed by atoms with Crippen LogP contribution in [-0.2, 0) is 4.74 Å². The van der Waals surface area contributed by atoms with Crippen LogP contribution in [0.2, 0.25) is 0 Å². The highest BCUT2D eigenvalue weighted by Crippen LogP contribution is 2.30. The molecule has 1 amide bonds. The van der Waals surface area contributed by atoms with E-state index in [1.165, 1.54) is 0 Å². The van der Waals surface area contributed by atoms with Crippen molar-refractivity contribution in [2.45, 2.75) is 6.92 Å². The zero-order valence-electron chi connectivity index (χ0n) is 14.3. The van der Waals surface area contributed by atoms with E-state index in [1.807, 2.05) is 43.3 Å². The molecule has 1 aliphatic heterocycles. The van der Waals surface area contributed by atoms with Crippen molar-refractivity contribution in [3.05, 3.63) is 52.0 Å². The number of aryl methyl sites for hydroxylation is 1. The number of benzene rings is 2. The van der Waals surface area contributed by atoms with Gasteiger partial charge in [-0.05, 0) is 48.9 Å². The first-order chi connectivity index (χ1) is 12.6. The number of halogens is 1. The third kappa shape index (κ3) is 3.60. The Labute approximate surface area is 164 Å². The molecule has 0 spiro atoms. The van der Waals surface area contributed by atoms with Gasteiger partial charge in [-0.25, -0.2) is 4.98 Å². The summed E-state index contributed by atoms with van der Waals surface area (Å²) in [4.78, 5) is 19.5. The van der Waals surface area contributed by atoms with Gasteiger partial charge in [-0.2, -0.15) is 0 Å². The number of carbonyl (C=O) groups excluding carboxylic acids is 1. The van der Waals surface area contributed by atoms with Crippen LogP contribution in [0.25, 0.3) is 10.2 Å². The van der Waals surface area contributed by atoms with Crippen LogP contribution < -0.4 is 10.2 Å². The molecule has 0 radical (unpaired) electrons. The molecule has 1 aliphatic rings. The first kappa shape index (κ1) is 17.5. The van der Waals surface area contributed by atoms with Crippen molar-refractivity contribution in [1.29, 1.82) is 0 Å². The highest BCUT2D eigenvalue weighted by atomic mass is 79.9. The maximum Gasteiger partial charge on any atom is 0.255 e. The van der Waals surface area contributed by atoms with Gasteiger partial charge in [0.1, 0.15) is 0 Å². The number of ether oxygens (including phenoxy) is 1. The number of rotatable bonds is 3. The number of aromatic nitrogens is 1. The van der Waals surface area contributed by atoms with Gasteiger partial charge in [0, 0.05) is 28.8 Å². The topological polar surface area (TPSA) is 54.5 Å². The molecule has 5 nitrogen and oxygen atoms in total. The van der Waals surface area contributed by atoms with Gasteiger partial charge >= 0.3 is 0 Å². The molecule has 0 atom stereocenters. The molecular formula is C19H18BrN3O2S. The lowest BCUT2D eigenvalue weighted by molar-refractivity contribution is 0.102. The second-order valence-corrected chi connectivity index (χ2v) is 8.06. The lowest BCUT2D eigenvalue weighted by Gasteiger charge is -2.25. The number of hydrogen-bond acceptors (Lipinski definition) is 5. The highest BCUT2D eigenvalue weighted by Gasteiger charge is 2.16. The van der Waals surface area contributed by atoms with E-state index in [2.05, 4.69) is 26.1 Å². The van der Waals surface area contributed by atoms with Crippen LogP contribution in [0.5, 0.6) is 0 Å². The van der Waals surface area contributed by atoms with E-state index in [1.54, 1.807) is 11.3 Å². The van der Waals surface area contributed by atoms with Crippen molar-refractivity contribution in [3.8, 4) is 0 Å². The molecule has 1 aromatic heterocycles. The molecule has 3 aromatic rings. The Morgan fingerprint density at radius 3 is 2.81 bits per heavy atom. The van der Waals surface area contributed by atoms with E-state index in [0.29, 0.717) is 5.56 Å². The van der Waals surface area contributed by atoms with Crippen molar-refractivity contribution in [2.24, 2.45) is 0 Å². The van der Waals surface area contributed by atoms with Gasteiger partial charge in [0.25, 0.3) is 5.91 Å². The van der Waals surface area contributed by atoms with Crippen molar-refractivity contribution < 1.29 is 9.53 Å². The predicted octanol–water partition coefficient (Wildman–Crippen LogP) is 4.46. The summed E-state index contributed by atoms with van der Waals surface area (Å²) >= 11 is 5.09. The van der Waals surface area contributed by atoms with E-state index in [9.17, 15) is 4.79 Å². The Kier molecular flexibility index (Phi) is 4.93. The summed E-state index contributed by atoms with van der Waals surface area (Å²) in [7, 11) is 0. The number of hydrogen-bond donors (Lipinski definition) is 1. The number of nitrogens with zero attached hydrogens (tertiary/aromatic N) is 2. The summed E-state index contributed by atoms with van der Waals surface area (Å²) in [5.74, 6) is -0.116. The quantitative estimate of drug-likeness (QED) is 0.664. The molecule has 0 bridgehead atoms. The molecule has 0 saturated carbocycles. The maximum atomic E-state index is 12.6. The Bertz CT molecular complexity index is 967. The first-order valence-electron chi connectivity index (χ1n) is 8.41. The fourth-order valence-corrected chi connectivity index (χ4v) is 4.17. The van der Waals surface area contributed by atoms with Crippen molar-refractivity contribution in [3.63, 3.8) is 0 Å². The SMILES string of the molecule is Cc1cc(NC(=O)c2ccc3nc(N4CCOCC4)sc3c2)ccc1Br. The van der Waals surface area contributed by atoms with Crippen LogP contribution >= 0.6 is 27.3 Å².